The van der Waals surface area contributed by atoms with Crippen LogP contribution in [0.5, 0.6) is 0 Å². The molecule has 1 aliphatic heterocycles. The molecular formula is C13H23NO2. The molecule has 3 heteroatoms. The molecule has 2 fully saturated rings. The van der Waals surface area contributed by atoms with Gasteiger partial charge in [-0.2, -0.15) is 0 Å². The van der Waals surface area contributed by atoms with Gasteiger partial charge < -0.3 is 9.64 Å². The molecule has 92 valence electrons. The molecular weight excluding hydrogens is 202 g/mol. The SMILES string of the molecule is C[C@@H]1CC12CCN(C(=O)OC(C)(C)C)CC2. The second kappa shape index (κ2) is 3.64. The van der Waals surface area contributed by atoms with E-state index in [0.29, 0.717) is 5.41 Å². The van der Waals surface area contributed by atoms with Gasteiger partial charge >= 0.3 is 6.09 Å². The normalized spacial score (nSPS) is 28.0. The highest BCUT2D eigenvalue weighted by atomic mass is 16.6. The summed E-state index contributed by atoms with van der Waals surface area (Å²) in [5.74, 6) is 0.869. The van der Waals surface area contributed by atoms with E-state index in [0.717, 1.165) is 31.8 Å². The molecule has 1 atom stereocenters. The number of nitrogens with zero attached hydrogens (tertiary/aromatic N) is 1. The maximum absolute atomic E-state index is 11.8. The van der Waals surface area contributed by atoms with E-state index in [1.54, 1.807) is 0 Å². The lowest BCUT2D eigenvalue weighted by atomic mass is 9.91. The molecule has 2 rings (SSSR count). The Bertz CT molecular complexity index is 285. The summed E-state index contributed by atoms with van der Waals surface area (Å²) in [6, 6.07) is 0. The quantitative estimate of drug-likeness (QED) is 0.634. The maximum Gasteiger partial charge on any atom is 0.410 e. The maximum atomic E-state index is 11.8. The molecule has 1 saturated carbocycles. The van der Waals surface area contributed by atoms with E-state index in [1.807, 2.05) is 25.7 Å². The minimum atomic E-state index is -0.376. The summed E-state index contributed by atoms with van der Waals surface area (Å²) >= 11 is 0. The lowest BCUT2D eigenvalue weighted by molar-refractivity contribution is 0.0166. The third-order valence-electron chi connectivity index (χ3n) is 4.01. The van der Waals surface area contributed by atoms with Crippen LogP contribution in [0.1, 0.15) is 47.0 Å². The third-order valence-corrected chi connectivity index (χ3v) is 4.01. The zero-order valence-corrected chi connectivity index (χ0v) is 10.9. The van der Waals surface area contributed by atoms with Crippen LogP contribution >= 0.6 is 0 Å². The Hall–Kier alpha value is -0.730. The second-order valence-corrected chi connectivity index (χ2v) is 6.43. The molecule has 1 heterocycles. The van der Waals surface area contributed by atoms with Gasteiger partial charge in [-0.1, -0.05) is 6.92 Å². The van der Waals surface area contributed by atoms with Crippen molar-refractivity contribution >= 4 is 6.09 Å². The molecule has 1 amide bonds. The van der Waals surface area contributed by atoms with Gasteiger partial charge in [0.15, 0.2) is 0 Å². The highest BCUT2D eigenvalue weighted by Gasteiger charge is 2.52. The fraction of sp³-hybridized carbons (Fsp3) is 0.923. The Morgan fingerprint density at radius 2 is 1.81 bits per heavy atom. The van der Waals surface area contributed by atoms with Crippen molar-refractivity contribution in [3.63, 3.8) is 0 Å². The van der Waals surface area contributed by atoms with Gasteiger partial charge in [-0.25, -0.2) is 4.79 Å². The van der Waals surface area contributed by atoms with Crippen LogP contribution in [0.3, 0.4) is 0 Å². The van der Waals surface area contributed by atoms with Crippen molar-refractivity contribution < 1.29 is 9.53 Å². The van der Waals surface area contributed by atoms with E-state index in [-0.39, 0.29) is 11.7 Å². The lowest BCUT2D eigenvalue weighted by Gasteiger charge is -2.34. The Labute approximate surface area is 98.1 Å². The molecule has 0 N–H and O–H groups in total. The van der Waals surface area contributed by atoms with Crippen LogP contribution in [0.4, 0.5) is 4.79 Å². The summed E-state index contributed by atoms with van der Waals surface area (Å²) in [5, 5.41) is 0. The number of carbonyl (C=O) groups is 1. The Kier molecular flexibility index (Phi) is 2.67. The van der Waals surface area contributed by atoms with E-state index >= 15 is 0 Å². The number of amides is 1. The minimum absolute atomic E-state index is 0.143. The summed E-state index contributed by atoms with van der Waals surface area (Å²) < 4.78 is 5.38. The molecule has 2 aliphatic rings. The molecule has 0 bridgehead atoms. The highest BCUT2D eigenvalue weighted by Crippen LogP contribution is 2.58. The van der Waals surface area contributed by atoms with Gasteiger partial charge in [0.1, 0.15) is 5.60 Å². The van der Waals surface area contributed by atoms with Gasteiger partial charge in [-0.05, 0) is 51.4 Å². The summed E-state index contributed by atoms with van der Waals surface area (Å²) in [6.07, 6.45) is 3.53. The average Bonchev–Trinajstić information content (AvgIpc) is 2.74. The van der Waals surface area contributed by atoms with Crippen molar-refractivity contribution in [1.82, 2.24) is 4.90 Å². The lowest BCUT2D eigenvalue weighted by Crippen LogP contribution is -2.42. The van der Waals surface area contributed by atoms with Crippen LogP contribution in [0.15, 0.2) is 0 Å². The van der Waals surface area contributed by atoms with Gasteiger partial charge in [-0.15, -0.1) is 0 Å². The van der Waals surface area contributed by atoms with Crippen LogP contribution in [-0.2, 0) is 4.74 Å². The van der Waals surface area contributed by atoms with Gasteiger partial charge in [-0.3, -0.25) is 0 Å². The number of rotatable bonds is 0. The second-order valence-electron chi connectivity index (χ2n) is 6.43. The topological polar surface area (TPSA) is 29.5 Å². The number of likely N-dealkylation sites (tertiary alicyclic amines) is 1. The summed E-state index contributed by atoms with van der Waals surface area (Å²) in [5.41, 5.74) is 0.206. The van der Waals surface area contributed by atoms with Crippen LogP contribution in [0.25, 0.3) is 0 Å². The number of hydrogen-bond donors (Lipinski definition) is 0. The van der Waals surface area contributed by atoms with E-state index in [9.17, 15) is 4.79 Å². The molecule has 1 saturated heterocycles. The van der Waals surface area contributed by atoms with Crippen molar-refractivity contribution in [2.45, 2.75) is 52.6 Å². The molecule has 0 aromatic rings. The van der Waals surface area contributed by atoms with Crippen LogP contribution in [-0.4, -0.2) is 29.7 Å². The molecule has 0 unspecified atom stereocenters. The predicted molar refractivity (Wildman–Crippen MR) is 63.3 cm³/mol. The molecule has 0 aromatic heterocycles. The number of carbonyl (C=O) groups excluding carboxylic acids is 1. The monoisotopic (exact) mass is 225 g/mol. The van der Waals surface area contributed by atoms with Crippen molar-refractivity contribution in [2.24, 2.45) is 11.3 Å². The van der Waals surface area contributed by atoms with Crippen molar-refractivity contribution in [1.29, 1.82) is 0 Å². The molecule has 0 radical (unpaired) electrons. The highest BCUT2D eigenvalue weighted by molar-refractivity contribution is 5.68. The number of hydrogen-bond acceptors (Lipinski definition) is 2. The molecule has 3 nitrogen and oxygen atoms in total. The van der Waals surface area contributed by atoms with Crippen molar-refractivity contribution in [3.05, 3.63) is 0 Å². The zero-order chi connectivity index (χ0) is 12.0. The minimum Gasteiger partial charge on any atom is -0.444 e. The fourth-order valence-electron chi connectivity index (χ4n) is 2.71. The number of ether oxygens (including phenoxy) is 1. The molecule has 1 aliphatic carbocycles. The van der Waals surface area contributed by atoms with Gasteiger partial charge in [0.25, 0.3) is 0 Å². The molecule has 0 aromatic carbocycles. The largest absolute Gasteiger partial charge is 0.444 e. The fourth-order valence-corrected chi connectivity index (χ4v) is 2.71. The standard InChI is InChI=1S/C13H23NO2/c1-10-9-13(10)5-7-14(8-6-13)11(15)16-12(2,3)4/h10H,5-9H2,1-4H3/t10-/m1/s1. The first kappa shape index (κ1) is 11.7. The van der Waals surface area contributed by atoms with Crippen LogP contribution < -0.4 is 0 Å². The van der Waals surface area contributed by atoms with Gasteiger partial charge in [0, 0.05) is 13.1 Å². The first-order valence-corrected chi connectivity index (χ1v) is 6.30. The molecule has 16 heavy (non-hydrogen) atoms. The first-order valence-electron chi connectivity index (χ1n) is 6.30. The van der Waals surface area contributed by atoms with E-state index in [1.165, 1.54) is 6.42 Å². The Balaban J connectivity index is 1.83. The van der Waals surface area contributed by atoms with Crippen LogP contribution in [0, 0.1) is 11.3 Å². The third kappa shape index (κ3) is 2.33. The predicted octanol–water partition coefficient (Wildman–Crippen LogP) is 3.04. The van der Waals surface area contributed by atoms with Crippen LogP contribution in [0.2, 0.25) is 0 Å². The van der Waals surface area contributed by atoms with Crippen molar-refractivity contribution in [2.75, 3.05) is 13.1 Å². The number of piperidine rings is 1. The van der Waals surface area contributed by atoms with Gasteiger partial charge in [0.05, 0.1) is 0 Å². The van der Waals surface area contributed by atoms with E-state index < -0.39 is 0 Å². The molecule has 1 spiro atoms. The summed E-state index contributed by atoms with van der Waals surface area (Å²) in [7, 11) is 0. The smallest absolute Gasteiger partial charge is 0.410 e. The Morgan fingerprint density at radius 3 is 2.19 bits per heavy atom. The van der Waals surface area contributed by atoms with E-state index in [4.69, 9.17) is 4.74 Å². The first-order chi connectivity index (χ1) is 7.32. The average molecular weight is 225 g/mol. The van der Waals surface area contributed by atoms with E-state index in [2.05, 4.69) is 6.92 Å². The summed E-state index contributed by atoms with van der Waals surface area (Å²) in [4.78, 5) is 13.7. The van der Waals surface area contributed by atoms with Gasteiger partial charge in [0.2, 0.25) is 0 Å². The van der Waals surface area contributed by atoms with Crippen molar-refractivity contribution in [3.8, 4) is 0 Å². The zero-order valence-electron chi connectivity index (χ0n) is 10.9. The summed E-state index contributed by atoms with van der Waals surface area (Å²) in [6.45, 7) is 9.82. The Morgan fingerprint density at radius 1 is 1.31 bits per heavy atom.